The highest BCUT2D eigenvalue weighted by atomic mass is 32.2. The lowest BCUT2D eigenvalue weighted by molar-refractivity contribution is 0.0954. The number of nitrogens with one attached hydrogen (secondary N) is 1. The van der Waals surface area contributed by atoms with Gasteiger partial charge in [-0.25, -0.2) is 0 Å². The van der Waals surface area contributed by atoms with Crippen molar-refractivity contribution in [2.45, 2.75) is 12.2 Å². The van der Waals surface area contributed by atoms with Crippen LogP contribution < -0.4 is 5.32 Å². The van der Waals surface area contributed by atoms with Gasteiger partial charge in [-0.15, -0.1) is 0 Å². The Hall–Kier alpha value is -1.40. The molecule has 1 amide bonds. The fraction of sp³-hybridized carbons (Fsp3) is 0.300. The molecule has 1 unspecified atom stereocenters. The van der Waals surface area contributed by atoms with Gasteiger partial charge in [0.2, 0.25) is 0 Å². The highest BCUT2D eigenvalue weighted by Gasteiger charge is 2.18. The van der Waals surface area contributed by atoms with Crippen LogP contribution in [0, 0.1) is 0 Å². The number of rotatable bonds is 4. The molecule has 0 saturated carbocycles. The fourth-order valence-corrected chi connectivity index (χ4v) is 1.33. The second-order valence-electron chi connectivity index (χ2n) is 3.40. The van der Waals surface area contributed by atoms with E-state index in [1.807, 2.05) is 0 Å². The van der Waals surface area contributed by atoms with Crippen molar-refractivity contribution in [2.24, 2.45) is 0 Å². The van der Waals surface area contributed by atoms with Crippen molar-refractivity contribution >= 4 is 16.0 Å². The van der Waals surface area contributed by atoms with Crippen molar-refractivity contribution in [3.05, 3.63) is 35.9 Å². The molecule has 1 atom stereocenters. The summed E-state index contributed by atoms with van der Waals surface area (Å²) >= 11 is 0. The van der Waals surface area contributed by atoms with E-state index in [0.29, 0.717) is 5.56 Å². The third-order valence-corrected chi connectivity index (χ3v) is 3.28. The maximum Gasteiger partial charge on any atom is 0.269 e. The number of benzene rings is 1. The first kappa shape index (κ1) is 12.7. The van der Waals surface area contributed by atoms with Crippen LogP contribution in [-0.2, 0) is 10.1 Å². The van der Waals surface area contributed by atoms with E-state index in [1.165, 1.54) is 6.92 Å². The van der Waals surface area contributed by atoms with Crippen molar-refractivity contribution in [3.63, 3.8) is 0 Å². The number of carbonyl (C=O) groups excluding carboxylic acids is 1. The van der Waals surface area contributed by atoms with Crippen LogP contribution in [0.5, 0.6) is 0 Å². The number of amides is 1. The van der Waals surface area contributed by atoms with E-state index in [4.69, 9.17) is 4.55 Å². The van der Waals surface area contributed by atoms with Gasteiger partial charge in [-0.05, 0) is 19.1 Å². The van der Waals surface area contributed by atoms with Crippen molar-refractivity contribution in [1.29, 1.82) is 0 Å². The van der Waals surface area contributed by atoms with Crippen molar-refractivity contribution in [2.75, 3.05) is 6.54 Å². The Bertz CT molecular complexity index is 455. The molecule has 0 aliphatic rings. The van der Waals surface area contributed by atoms with Crippen LogP contribution in [0.1, 0.15) is 17.3 Å². The number of carbonyl (C=O) groups is 1. The summed E-state index contributed by atoms with van der Waals surface area (Å²) in [6, 6.07) is 8.43. The van der Waals surface area contributed by atoms with Gasteiger partial charge < -0.3 is 5.32 Å². The summed E-state index contributed by atoms with van der Waals surface area (Å²) in [5.74, 6) is -0.365. The van der Waals surface area contributed by atoms with E-state index in [2.05, 4.69) is 5.32 Å². The third kappa shape index (κ3) is 3.63. The van der Waals surface area contributed by atoms with Crippen LogP contribution in [-0.4, -0.2) is 30.7 Å². The Balaban J connectivity index is 2.55. The monoisotopic (exact) mass is 243 g/mol. The summed E-state index contributed by atoms with van der Waals surface area (Å²) in [5, 5.41) is 1.41. The Morgan fingerprint density at radius 1 is 1.38 bits per heavy atom. The van der Waals surface area contributed by atoms with E-state index < -0.39 is 15.4 Å². The zero-order valence-electron chi connectivity index (χ0n) is 8.75. The lowest BCUT2D eigenvalue weighted by Crippen LogP contribution is -2.34. The predicted octanol–water partition coefficient (Wildman–Crippen LogP) is 0.693. The summed E-state index contributed by atoms with van der Waals surface area (Å²) < 4.78 is 30.1. The molecule has 16 heavy (non-hydrogen) atoms. The Labute approximate surface area is 94.2 Å². The van der Waals surface area contributed by atoms with Gasteiger partial charge in [0.1, 0.15) is 5.25 Å². The average molecular weight is 243 g/mol. The standard InChI is InChI=1S/C10H13NO4S/c1-8(16(13,14)15)7-11-10(12)9-5-3-2-4-6-9/h2-6,8H,7H2,1H3,(H,11,12)(H,13,14,15). The molecule has 88 valence electrons. The normalized spacial score (nSPS) is 13.1. The van der Waals surface area contributed by atoms with E-state index >= 15 is 0 Å². The zero-order valence-corrected chi connectivity index (χ0v) is 9.57. The molecule has 1 aromatic rings. The minimum absolute atomic E-state index is 0.118. The van der Waals surface area contributed by atoms with Crippen molar-refractivity contribution in [3.8, 4) is 0 Å². The van der Waals surface area contributed by atoms with Gasteiger partial charge in [-0.2, -0.15) is 8.42 Å². The largest absolute Gasteiger partial charge is 0.351 e. The fourth-order valence-electron chi connectivity index (χ4n) is 1.03. The van der Waals surface area contributed by atoms with Crippen LogP contribution in [0.2, 0.25) is 0 Å². The zero-order chi connectivity index (χ0) is 12.2. The van der Waals surface area contributed by atoms with Gasteiger partial charge >= 0.3 is 0 Å². The Morgan fingerprint density at radius 2 is 1.94 bits per heavy atom. The molecular formula is C10H13NO4S. The Kier molecular flexibility index (Phi) is 4.03. The SMILES string of the molecule is CC(CNC(=O)c1ccccc1)S(=O)(=O)O. The second-order valence-corrected chi connectivity index (χ2v) is 5.24. The van der Waals surface area contributed by atoms with Crippen LogP contribution in [0.3, 0.4) is 0 Å². The van der Waals surface area contributed by atoms with Crippen LogP contribution in [0.4, 0.5) is 0 Å². The van der Waals surface area contributed by atoms with Gasteiger partial charge in [0.15, 0.2) is 0 Å². The molecule has 0 saturated heterocycles. The van der Waals surface area contributed by atoms with E-state index in [9.17, 15) is 13.2 Å². The number of hydrogen-bond acceptors (Lipinski definition) is 3. The van der Waals surface area contributed by atoms with Gasteiger partial charge in [0.25, 0.3) is 16.0 Å². The molecule has 1 rings (SSSR count). The van der Waals surface area contributed by atoms with Crippen LogP contribution in [0.25, 0.3) is 0 Å². The molecule has 0 aliphatic heterocycles. The third-order valence-electron chi connectivity index (χ3n) is 2.09. The topological polar surface area (TPSA) is 83.5 Å². The predicted molar refractivity (Wildman–Crippen MR) is 59.8 cm³/mol. The highest BCUT2D eigenvalue weighted by molar-refractivity contribution is 7.86. The molecule has 0 aliphatic carbocycles. The summed E-state index contributed by atoms with van der Waals surface area (Å²) in [6.45, 7) is 1.20. The lowest BCUT2D eigenvalue weighted by Gasteiger charge is -2.09. The first-order valence-corrected chi connectivity index (χ1v) is 6.21. The smallest absolute Gasteiger partial charge is 0.269 e. The molecule has 6 heteroatoms. The molecule has 0 spiro atoms. The molecule has 0 aromatic heterocycles. The first-order valence-electron chi connectivity index (χ1n) is 4.71. The van der Waals surface area contributed by atoms with Gasteiger partial charge in [-0.1, -0.05) is 18.2 Å². The number of hydrogen-bond donors (Lipinski definition) is 2. The molecule has 0 radical (unpaired) electrons. The summed E-state index contributed by atoms with van der Waals surface area (Å²) in [5.41, 5.74) is 0.449. The second kappa shape index (κ2) is 5.09. The van der Waals surface area contributed by atoms with E-state index in [0.717, 1.165) is 0 Å². The maximum absolute atomic E-state index is 11.5. The van der Waals surface area contributed by atoms with Gasteiger partial charge in [0.05, 0.1) is 0 Å². The lowest BCUT2D eigenvalue weighted by atomic mass is 10.2. The molecule has 1 aromatic carbocycles. The molecule has 0 fully saturated rings. The van der Waals surface area contributed by atoms with E-state index in [-0.39, 0.29) is 12.5 Å². The molecule has 0 bridgehead atoms. The summed E-state index contributed by atoms with van der Waals surface area (Å²) in [7, 11) is -4.10. The highest BCUT2D eigenvalue weighted by Crippen LogP contribution is 1.99. The molecule has 5 nitrogen and oxygen atoms in total. The van der Waals surface area contributed by atoms with Crippen LogP contribution in [0.15, 0.2) is 30.3 Å². The maximum atomic E-state index is 11.5. The molecule has 2 N–H and O–H groups in total. The molecular weight excluding hydrogens is 230 g/mol. The van der Waals surface area contributed by atoms with Crippen molar-refractivity contribution < 1.29 is 17.8 Å². The first-order chi connectivity index (χ1) is 7.41. The van der Waals surface area contributed by atoms with Crippen molar-refractivity contribution in [1.82, 2.24) is 5.32 Å². The Morgan fingerprint density at radius 3 is 2.44 bits per heavy atom. The quantitative estimate of drug-likeness (QED) is 0.762. The molecule has 0 heterocycles. The van der Waals surface area contributed by atoms with Crippen LogP contribution >= 0.6 is 0 Å². The summed E-state index contributed by atoms with van der Waals surface area (Å²) in [4.78, 5) is 11.5. The minimum atomic E-state index is -4.10. The average Bonchev–Trinajstić information content (AvgIpc) is 2.25. The van der Waals surface area contributed by atoms with Gasteiger partial charge in [0, 0.05) is 12.1 Å². The summed E-state index contributed by atoms with van der Waals surface area (Å²) in [6.07, 6.45) is 0. The van der Waals surface area contributed by atoms with Gasteiger partial charge in [-0.3, -0.25) is 9.35 Å². The van der Waals surface area contributed by atoms with E-state index in [1.54, 1.807) is 30.3 Å². The minimum Gasteiger partial charge on any atom is -0.351 e.